The van der Waals surface area contributed by atoms with Crippen molar-refractivity contribution < 1.29 is 0 Å². The van der Waals surface area contributed by atoms with Crippen LogP contribution in [0.15, 0.2) is 41.7 Å². The van der Waals surface area contributed by atoms with Crippen LogP contribution in [0.5, 0.6) is 0 Å². The van der Waals surface area contributed by atoms with Crippen molar-refractivity contribution in [2.45, 2.75) is 24.8 Å². The van der Waals surface area contributed by atoms with E-state index < -0.39 is 0 Å². The van der Waals surface area contributed by atoms with Crippen molar-refractivity contribution >= 4 is 34.8 Å². The molecular formula is C14H13Cl3N2. The molecule has 1 fully saturated rings. The molecule has 2 atom stereocenters. The van der Waals surface area contributed by atoms with Gasteiger partial charge in [-0.25, -0.2) is 0 Å². The molecule has 1 aliphatic heterocycles. The molecule has 0 unspecified atom stereocenters. The van der Waals surface area contributed by atoms with Gasteiger partial charge in [-0.1, -0.05) is 40.9 Å². The summed E-state index contributed by atoms with van der Waals surface area (Å²) >= 11 is 18.2. The highest BCUT2D eigenvalue weighted by atomic mass is 35.5. The monoisotopic (exact) mass is 314 g/mol. The summed E-state index contributed by atoms with van der Waals surface area (Å²) in [4.78, 5) is 0. The molecule has 1 saturated carbocycles. The summed E-state index contributed by atoms with van der Waals surface area (Å²) in [5, 5.41) is 4.10. The van der Waals surface area contributed by atoms with Crippen molar-refractivity contribution in [1.82, 2.24) is 10.4 Å². The fraction of sp³-hybridized carbons (Fsp3) is 0.286. The van der Waals surface area contributed by atoms with Gasteiger partial charge in [0.05, 0.1) is 6.04 Å². The summed E-state index contributed by atoms with van der Waals surface area (Å²) in [5.74, 6) is 0.407. The Balaban J connectivity index is 1.79. The van der Waals surface area contributed by atoms with Crippen LogP contribution in [0, 0.1) is 0 Å². The maximum Gasteiger partial charge on any atom is 0.120 e. The Hall–Kier alpha value is -0.830. The lowest BCUT2D eigenvalue weighted by Crippen LogP contribution is -2.49. The van der Waals surface area contributed by atoms with Gasteiger partial charge < -0.3 is 0 Å². The Morgan fingerprint density at radius 1 is 1.16 bits per heavy atom. The quantitative estimate of drug-likeness (QED) is 0.799. The first-order chi connectivity index (χ1) is 9.15. The summed E-state index contributed by atoms with van der Waals surface area (Å²) in [5.41, 5.74) is 4.31. The predicted molar refractivity (Wildman–Crippen MR) is 80.3 cm³/mol. The lowest BCUT2D eigenvalue weighted by molar-refractivity contribution is 0.116. The fourth-order valence-corrected chi connectivity index (χ4v) is 3.31. The van der Waals surface area contributed by atoms with E-state index in [1.165, 1.54) is 0 Å². The standard InChI is InChI=1S/C14H13Cl3N2/c15-9-3-4-10(12(16)8-9)11-5-6-13(11)19-7-1-2-14(17)18-19/h1-4,7-8,11,13,18H,5-6H2/t11-,13-/m1/s1. The first-order valence-electron chi connectivity index (χ1n) is 6.19. The molecule has 1 N–H and O–H groups in total. The number of hydrogen-bond acceptors (Lipinski definition) is 2. The Bertz CT molecular complexity index is 554. The van der Waals surface area contributed by atoms with Crippen molar-refractivity contribution in [3.05, 3.63) is 57.3 Å². The van der Waals surface area contributed by atoms with Gasteiger partial charge in [-0.2, -0.15) is 0 Å². The van der Waals surface area contributed by atoms with Crippen LogP contribution in [0.1, 0.15) is 24.3 Å². The molecule has 0 bridgehead atoms. The summed E-state index contributed by atoms with van der Waals surface area (Å²) < 4.78 is 0. The number of halogens is 3. The molecule has 1 heterocycles. The van der Waals surface area contributed by atoms with Crippen LogP contribution in [-0.4, -0.2) is 11.1 Å². The lowest BCUT2D eigenvalue weighted by Gasteiger charge is -2.45. The highest BCUT2D eigenvalue weighted by Gasteiger charge is 2.37. The van der Waals surface area contributed by atoms with Crippen molar-refractivity contribution in [3.63, 3.8) is 0 Å². The third-order valence-corrected chi connectivity index (χ3v) is 4.46. The number of hydrazine groups is 1. The second-order valence-corrected chi connectivity index (χ2v) is 6.04. The summed E-state index contributed by atoms with van der Waals surface area (Å²) in [7, 11) is 0. The molecule has 1 aromatic rings. The van der Waals surface area contributed by atoms with Gasteiger partial charge in [-0.15, -0.1) is 0 Å². The molecule has 5 heteroatoms. The zero-order valence-corrected chi connectivity index (χ0v) is 12.4. The third kappa shape index (κ3) is 2.58. The average molecular weight is 316 g/mol. The molecule has 0 radical (unpaired) electrons. The predicted octanol–water partition coefficient (Wildman–Crippen LogP) is 4.65. The largest absolute Gasteiger partial charge is 0.291 e. The van der Waals surface area contributed by atoms with E-state index in [0.717, 1.165) is 23.4 Å². The Kier molecular flexibility index (Phi) is 3.66. The van der Waals surface area contributed by atoms with Crippen LogP contribution in [0.3, 0.4) is 0 Å². The highest BCUT2D eigenvalue weighted by Crippen LogP contribution is 2.43. The molecule has 0 amide bonds. The molecule has 1 aliphatic carbocycles. The van der Waals surface area contributed by atoms with Gasteiger partial charge in [-0.05, 0) is 42.7 Å². The van der Waals surface area contributed by atoms with Gasteiger partial charge in [0, 0.05) is 22.2 Å². The van der Waals surface area contributed by atoms with Gasteiger partial charge in [0.25, 0.3) is 0 Å². The number of rotatable bonds is 2. The second kappa shape index (κ2) is 5.28. The SMILES string of the molecule is ClC1=CC=CN([C@@H]2CC[C@@H]2c2ccc(Cl)cc2Cl)N1. The molecule has 0 spiro atoms. The number of nitrogens with one attached hydrogen (secondary N) is 1. The van der Waals surface area contributed by atoms with E-state index in [2.05, 4.69) is 10.4 Å². The summed E-state index contributed by atoms with van der Waals surface area (Å²) in [6.45, 7) is 0. The van der Waals surface area contributed by atoms with E-state index in [1.54, 1.807) is 6.07 Å². The molecule has 0 saturated heterocycles. The van der Waals surface area contributed by atoms with Crippen LogP contribution < -0.4 is 5.43 Å². The summed E-state index contributed by atoms with van der Waals surface area (Å²) in [6, 6.07) is 6.09. The molecule has 19 heavy (non-hydrogen) atoms. The molecule has 3 rings (SSSR count). The first kappa shape index (κ1) is 13.2. The third-order valence-electron chi connectivity index (χ3n) is 3.68. The number of allylic oxidation sites excluding steroid dienone is 2. The average Bonchev–Trinajstić information content (AvgIpc) is 2.31. The van der Waals surface area contributed by atoms with Gasteiger partial charge in [0.15, 0.2) is 0 Å². The maximum atomic E-state index is 6.29. The second-order valence-electron chi connectivity index (χ2n) is 4.79. The van der Waals surface area contributed by atoms with Gasteiger partial charge in [0.1, 0.15) is 5.16 Å². The molecule has 0 aromatic heterocycles. The van der Waals surface area contributed by atoms with Crippen LogP contribution in [-0.2, 0) is 0 Å². The zero-order valence-electron chi connectivity index (χ0n) is 10.1. The Labute approximate surface area is 127 Å². The van der Waals surface area contributed by atoms with Crippen LogP contribution in [0.2, 0.25) is 10.0 Å². The van der Waals surface area contributed by atoms with E-state index in [-0.39, 0.29) is 0 Å². The molecule has 1 aromatic carbocycles. The lowest BCUT2D eigenvalue weighted by atomic mass is 9.74. The van der Waals surface area contributed by atoms with Gasteiger partial charge >= 0.3 is 0 Å². The van der Waals surface area contributed by atoms with Crippen molar-refractivity contribution in [2.24, 2.45) is 0 Å². The van der Waals surface area contributed by atoms with Crippen LogP contribution in [0.25, 0.3) is 0 Å². The van der Waals surface area contributed by atoms with Gasteiger partial charge in [0.2, 0.25) is 0 Å². The van der Waals surface area contributed by atoms with E-state index in [0.29, 0.717) is 22.1 Å². The number of nitrogens with zero attached hydrogens (tertiary/aromatic N) is 1. The van der Waals surface area contributed by atoms with Crippen molar-refractivity contribution in [2.75, 3.05) is 0 Å². The first-order valence-corrected chi connectivity index (χ1v) is 7.32. The molecule has 100 valence electrons. The fourth-order valence-electron chi connectivity index (χ4n) is 2.59. The topological polar surface area (TPSA) is 15.3 Å². The highest BCUT2D eigenvalue weighted by molar-refractivity contribution is 6.35. The van der Waals surface area contributed by atoms with Crippen molar-refractivity contribution in [3.8, 4) is 0 Å². The number of hydrogen-bond donors (Lipinski definition) is 1. The minimum absolute atomic E-state index is 0.373. The normalized spacial score (nSPS) is 25.6. The van der Waals surface area contributed by atoms with E-state index in [4.69, 9.17) is 34.8 Å². The summed E-state index contributed by atoms with van der Waals surface area (Å²) in [6.07, 6.45) is 8.02. The molecular weight excluding hydrogens is 303 g/mol. The molecule has 2 aliphatic rings. The van der Waals surface area contributed by atoms with Crippen LogP contribution >= 0.6 is 34.8 Å². The zero-order chi connectivity index (χ0) is 13.4. The smallest absolute Gasteiger partial charge is 0.120 e. The van der Waals surface area contributed by atoms with E-state index in [9.17, 15) is 0 Å². The van der Waals surface area contributed by atoms with E-state index in [1.807, 2.05) is 30.5 Å². The minimum atomic E-state index is 0.373. The van der Waals surface area contributed by atoms with Crippen molar-refractivity contribution in [1.29, 1.82) is 0 Å². The van der Waals surface area contributed by atoms with Crippen LogP contribution in [0.4, 0.5) is 0 Å². The van der Waals surface area contributed by atoms with E-state index >= 15 is 0 Å². The molecule has 2 nitrogen and oxygen atoms in total. The minimum Gasteiger partial charge on any atom is -0.291 e. The Morgan fingerprint density at radius 3 is 2.63 bits per heavy atom. The van der Waals surface area contributed by atoms with Gasteiger partial charge in [-0.3, -0.25) is 10.4 Å². The maximum absolute atomic E-state index is 6.29. The number of benzene rings is 1. The Morgan fingerprint density at radius 2 is 2.00 bits per heavy atom.